The Morgan fingerprint density at radius 2 is 2.26 bits per heavy atom. The van der Waals surface area contributed by atoms with Gasteiger partial charge < -0.3 is 9.30 Å². The molecule has 0 aliphatic heterocycles. The number of ketones is 1. The summed E-state index contributed by atoms with van der Waals surface area (Å²) in [4.78, 5) is 11.5. The topological polar surface area (TPSA) is 57.0 Å². The van der Waals surface area contributed by atoms with Gasteiger partial charge in [-0.2, -0.15) is 0 Å². The third kappa shape index (κ3) is 2.98. The highest BCUT2D eigenvalue weighted by Crippen LogP contribution is 2.28. The summed E-state index contributed by atoms with van der Waals surface area (Å²) in [5.74, 6) is -0.398. The number of halogens is 2. The Balaban J connectivity index is 2.29. The van der Waals surface area contributed by atoms with Crippen molar-refractivity contribution >= 4 is 21.7 Å². The molecule has 0 bridgehead atoms. The van der Waals surface area contributed by atoms with Crippen molar-refractivity contribution in [2.24, 2.45) is 7.05 Å². The van der Waals surface area contributed by atoms with Crippen LogP contribution in [-0.2, 0) is 13.7 Å². The molecular weight excluding hydrogens is 317 g/mol. The summed E-state index contributed by atoms with van der Waals surface area (Å²) >= 11 is 3.14. The highest BCUT2D eigenvalue weighted by molar-refractivity contribution is 9.10. The van der Waals surface area contributed by atoms with Crippen molar-refractivity contribution in [3.05, 3.63) is 40.1 Å². The third-order valence-corrected chi connectivity index (χ3v) is 3.00. The lowest BCUT2D eigenvalue weighted by Gasteiger charge is -2.11. The molecule has 0 radical (unpaired) electrons. The van der Waals surface area contributed by atoms with Gasteiger partial charge in [0, 0.05) is 11.5 Å². The third-order valence-electron chi connectivity index (χ3n) is 2.54. The number of aryl methyl sites for hydroxylation is 1. The van der Waals surface area contributed by atoms with Crippen LogP contribution in [0.25, 0.3) is 0 Å². The summed E-state index contributed by atoms with van der Waals surface area (Å²) in [5.41, 5.74) is 0.189. The van der Waals surface area contributed by atoms with Gasteiger partial charge in [-0.15, -0.1) is 10.2 Å². The van der Waals surface area contributed by atoms with E-state index in [1.165, 1.54) is 25.4 Å². The van der Waals surface area contributed by atoms with Crippen LogP contribution in [0.1, 0.15) is 23.1 Å². The first kappa shape index (κ1) is 13.7. The Kier molecular flexibility index (Phi) is 3.94. The molecule has 5 nitrogen and oxygen atoms in total. The Morgan fingerprint density at radius 3 is 2.84 bits per heavy atom. The van der Waals surface area contributed by atoms with Crippen LogP contribution < -0.4 is 4.74 Å². The largest absolute Gasteiger partial charge is 0.482 e. The number of benzene rings is 1. The molecule has 0 unspecified atom stereocenters. The van der Waals surface area contributed by atoms with Crippen molar-refractivity contribution in [2.45, 2.75) is 13.5 Å². The molecule has 0 aliphatic carbocycles. The fourth-order valence-electron chi connectivity index (χ4n) is 1.54. The van der Waals surface area contributed by atoms with Gasteiger partial charge in [-0.3, -0.25) is 4.79 Å². The molecule has 1 heterocycles. The zero-order chi connectivity index (χ0) is 14.0. The monoisotopic (exact) mass is 327 g/mol. The van der Waals surface area contributed by atoms with Gasteiger partial charge in [0.2, 0.25) is 0 Å². The van der Waals surface area contributed by atoms with E-state index in [9.17, 15) is 9.18 Å². The minimum Gasteiger partial charge on any atom is -0.482 e. The van der Waals surface area contributed by atoms with Crippen LogP contribution in [0.5, 0.6) is 5.75 Å². The lowest BCUT2D eigenvalue weighted by molar-refractivity contribution is 0.101. The summed E-state index contributed by atoms with van der Waals surface area (Å²) in [6.45, 7) is 1.39. The van der Waals surface area contributed by atoms with Crippen LogP contribution in [0.4, 0.5) is 4.39 Å². The summed E-state index contributed by atoms with van der Waals surface area (Å²) in [6.07, 6.45) is 1.52. The second kappa shape index (κ2) is 5.48. The Bertz CT molecular complexity index is 627. The molecule has 100 valence electrons. The van der Waals surface area contributed by atoms with E-state index in [-0.39, 0.29) is 23.7 Å². The van der Waals surface area contributed by atoms with Gasteiger partial charge in [0.05, 0.1) is 5.56 Å². The number of Topliss-reactive ketones (excluding diaryl/α,β-unsaturated/α-hetero) is 1. The van der Waals surface area contributed by atoms with Gasteiger partial charge in [-0.05, 0) is 19.1 Å². The van der Waals surface area contributed by atoms with E-state index in [4.69, 9.17) is 4.74 Å². The van der Waals surface area contributed by atoms with Crippen LogP contribution in [0.3, 0.4) is 0 Å². The van der Waals surface area contributed by atoms with E-state index >= 15 is 0 Å². The number of hydrogen-bond acceptors (Lipinski definition) is 4. The molecule has 0 saturated heterocycles. The molecule has 2 aromatic rings. The molecule has 0 fully saturated rings. The Morgan fingerprint density at radius 1 is 1.53 bits per heavy atom. The SMILES string of the molecule is CC(=O)c1cc(Br)cc(F)c1OCc1nncn1C. The van der Waals surface area contributed by atoms with Gasteiger partial charge in [0.15, 0.2) is 23.2 Å². The zero-order valence-corrected chi connectivity index (χ0v) is 11.9. The van der Waals surface area contributed by atoms with Crippen molar-refractivity contribution in [1.82, 2.24) is 14.8 Å². The Labute approximate surface area is 117 Å². The number of hydrogen-bond donors (Lipinski definition) is 0. The van der Waals surface area contributed by atoms with Gasteiger partial charge in [0.1, 0.15) is 12.9 Å². The second-order valence-corrected chi connectivity index (χ2v) is 4.88. The van der Waals surface area contributed by atoms with Gasteiger partial charge in [0.25, 0.3) is 0 Å². The maximum Gasteiger partial charge on any atom is 0.170 e. The first-order valence-electron chi connectivity index (χ1n) is 5.44. The summed E-state index contributed by atoms with van der Waals surface area (Å²) in [6, 6.07) is 2.77. The van der Waals surface area contributed by atoms with Crippen LogP contribution in [-0.4, -0.2) is 20.5 Å². The van der Waals surface area contributed by atoms with Crippen LogP contribution in [0, 0.1) is 5.82 Å². The van der Waals surface area contributed by atoms with E-state index in [2.05, 4.69) is 26.1 Å². The minimum absolute atomic E-state index is 0.0370. The summed E-state index contributed by atoms with van der Waals surface area (Å²) < 4.78 is 21.4. The Hall–Kier alpha value is -1.76. The maximum absolute atomic E-state index is 13.9. The smallest absolute Gasteiger partial charge is 0.170 e. The second-order valence-electron chi connectivity index (χ2n) is 3.97. The maximum atomic E-state index is 13.9. The number of nitrogens with zero attached hydrogens (tertiary/aromatic N) is 3. The first-order valence-corrected chi connectivity index (χ1v) is 6.24. The molecule has 0 atom stereocenters. The molecule has 2 rings (SSSR count). The number of ether oxygens (including phenoxy) is 1. The highest BCUT2D eigenvalue weighted by atomic mass is 79.9. The van der Waals surface area contributed by atoms with Crippen molar-refractivity contribution in [3.63, 3.8) is 0 Å². The molecule has 1 aromatic heterocycles. The van der Waals surface area contributed by atoms with Gasteiger partial charge in [-0.25, -0.2) is 4.39 Å². The van der Waals surface area contributed by atoms with E-state index in [1.807, 2.05) is 0 Å². The average Bonchev–Trinajstić information content (AvgIpc) is 2.73. The van der Waals surface area contributed by atoms with Crippen molar-refractivity contribution in [2.75, 3.05) is 0 Å². The van der Waals surface area contributed by atoms with Crippen molar-refractivity contribution in [3.8, 4) is 5.75 Å². The molecule has 0 amide bonds. The predicted octanol–water partition coefficient (Wildman–Crippen LogP) is 2.50. The molecule has 0 N–H and O–H groups in total. The number of rotatable bonds is 4. The molecule has 19 heavy (non-hydrogen) atoms. The molecular formula is C12H11BrFN3O2. The van der Waals surface area contributed by atoms with E-state index in [0.717, 1.165) is 0 Å². The fraction of sp³-hybridized carbons (Fsp3) is 0.250. The zero-order valence-electron chi connectivity index (χ0n) is 10.4. The lowest BCUT2D eigenvalue weighted by Crippen LogP contribution is -2.07. The molecule has 0 saturated carbocycles. The average molecular weight is 328 g/mol. The predicted molar refractivity (Wildman–Crippen MR) is 69.4 cm³/mol. The minimum atomic E-state index is -0.596. The number of carbonyl (C=O) groups excluding carboxylic acids is 1. The number of aromatic nitrogens is 3. The van der Waals surface area contributed by atoms with Crippen molar-refractivity contribution in [1.29, 1.82) is 0 Å². The highest BCUT2D eigenvalue weighted by Gasteiger charge is 2.16. The van der Waals surface area contributed by atoms with Crippen LogP contribution >= 0.6 is 15.9 Å². The van der Waals surface area contributed by atoms with E-state index < -0.39 is 5.82 Å². The molecule has 1 aromatic carbocycles. The van der Waals surface area contributed by atoms with Crippen LogP contribution in [0.2, 0.25) is 0 Å². The quantitative estimate of drug-likeness (QED) is 0.809. The van der Waals surface area contributed by atoms with Gasteiger partial charge >= 0.3 is 0 Å². The van der Waals surface area contributed by atoms with E-state index in [1.54, 1.807) is 11.6 Å². The normalized spacial score (nSPS) is 10.5. The molecule has 0 aliphatic rings. The standard InChI is InChI=1S/C12H11BrFN3O2/c1-7(18)9-3-8(13)4-10(14)12(9)19-5-11-16-15-6-17(11)2/h3-4,6H,5H2,1-2H3. The van der Waals surface area contributed by atoms with Crippen molar-refractivity contribution < 1.29 is 13.9 Å². The van der Waals surface area contributed by atoms with Crippen LogP contribution in [0.15, 0.2) is 22.9 Å². The molecule has 7 heteroatoms. The summed E-state index contributed by atoms with van der Waals surface area (Å²) in [5, 5.41) is 7.52. The molecule has 0 spiro atoms. The fourth-order valence-corrected chi connectivity index (χ4v) is 1.97. The van der Waals surface area contributed by atoms with Gasteiger partial charge in [-0.1, -0.05) is 15.9 Å². The summed E-state index contributed by atoms with van der Waals surface area (Å²) in [7, 11) is 1.75. The van der Waals surface area contributed by atoms with E-state index in [0.29, 0.717) is 10.3 Å². The first-order chi connectivity index (χ1) is 8.99. The number of carbonyl (C=O) groups is 1. The lowest BCUT2D eigenvalue weighted by atomic mass is 10.1.